The third-order valence-electron chi connectivity index (χ3n) is 4.50. The lowest BCUT2D eigenvalue weighted by Gasteiger charge is -2.22. The fourth-order valence-electron chi connectivity index (χ4n) is 3.00. The molecule has 4 rings (SSSR count). The highest BCUT2D eigenvalue weighted by atomic mass is 16.6. The van der Waals surface area contributed by atoms with Crippen molar-refractivity contribution in [3.63, 3.8) is 0 Å². The van der Waals surface area contributed by atoms with E-state index >= 15 is 0 Å². The molecule has 1 saturated carbocycles. The van der Waals surface area contributed by atoms with Crippen molar-refractivity contribution < 1.29 is 14.3 Å². The number of esters is 1. The molecule has 0 spiro atoms. The summed E-state index contributed by atoms with van der Waals surface area (Å²) in [5.74, 6) is 0.0976. The van der Waals surface area contributed by atoms with Crippen LogP contribution >= 0.6 is 0 Å². The van der Waals surface area contributed by atoms with Gasteiger partial charge in [-0.1, -0.05) is 0 Å². The summed E-state index contributed by atoms with van der Waals surface area (Å²) in [5.41, 5.74) is 1.14. The van der Waals surface area contributed by atoms with Gasteiger partial charge in [0.05, 0.1) is 17.9 Å². The number of hydrogen-bond acceptors (Lipinski definition) is 5. The lowest BCUT2D eigenvalue weighted by Crippen LogP contribution is -2.29. The Morgan fingerprint density at radius 1 is 1.32 bits per heavy atom. The molecular formula is C16H17N3O3. The molecule has 22 heavy (non-hydrogen) atoms. The molecule has 0 amide bonds. The molecule has 2 heterocycles. The molecule has 1 atom stereocenters. The van der Waals surface area contributed by atoms with Gasteiger partial charge in [0.25, 0.3) is 0 Å². The van der Waals surface area contributed by atoms with Crippen LogP contribution in [0.1, 0.15) is 29.6 Å². The van der Waals surface area contributed by atoms with Gasteiger partial charge in [0.15, 0.2) is 0 Å². The van der Waals surface area contributed by atoms with Gasteiger partial charge >= 0.3 is 5.97 Å². The highest BCUT2D eigenvalue weighted by Gasteiger charge is 2.54. The van der Waals surface area contributed by atoms with Crippen molar-refractivity contribution in [1.29, 1.82) is 0 Å². The number of hydrogen-bond donors (Lipinski definition) is 0. The average molecular weight is 299 g/mol. The van der Waals surface area contributed by atoms with Crippen LogP contribution in [0.2, 0.25) is 0 Å². The van der Waals surface area contributed by atoms with Gasteiger partial charge in [0.1, 0.15) is 18.3 Å². The maximum atomic E-state index is 12.4. The summed E-state index contributed by atoms with van der Waals surface area (Å²) in [6.45, 7) is 1.48. The molecule has 114 valence electrons. The zero-order chi connectivity index (χ0) is 15.0. The number of rotatable bonds is 4. The van der Waals surface area contributed by atoms with Crippen LogP contribution < -0.4 is 0 Å². The quantitative estimate of drug-likeness (QED) is 0.808. The van der Waals surface area contributed by atoms with Crippen LogP contribution in [0.4, 0.5) is 0 Å². The highest BCUT2D eigenvalue weighted by Crippen LogP contribution is 2.49. The van der Waals surface area contributed by atoms with Crippen molar-refractivity contribution >= 4 is 5.97 Å². The number of ether oxygens (including phenoxy) is 2. The Bertz CT molecular complexity index is 656. The Labute approximate surface area is 128 Å². The summed E-state index contributed by atoms with van der Waals surface area (Å²) in [6, 6.07) is 7.20. The Hall–Kier alpha value is -2.21. The molecule has 0 radical (unpaired) electrons. The zero-order valence-corrected chi connectivity index (χ0v) is 12.1. The van der Waals surface area contributed by atoms with Crippen LogP contribution in [0.5, 0.6) is 0 Å². The van der Waals surface area contributed by atoms with Crippen molar-refractivity contribution in [1.82, 2.24) is 14.8 Å². The first-order chi connectivity index (χ1) is 10.8. The first kappa shape index (κ1) is 13.5. The number of carbonyl (C=O) groups excluding carboxylic acids is 1. The van der Waals surface area contributed by atoms with Gasteiger partial charge in [-0.3, -0.25) is 0 Å². The standard InChI is InChI=1S/C16H17N3O3/c20-15(22-16(6-7-16)13-5-8-21-9-13)12-1-3-14(4-2-12)19-11-17-10-18-19/h1-4,10-11,13H,5-9H2. The van der Waals surface area contributed by atoms with E-state index in [-0.39, 0.29) is 11.6 Å². The second-order valence-electron chi connectivity index (χ2n) is 5.90. The molecule has 2 fully saturated rings. The maximum absolute atomic E-state index is 12.4. The number of carbonyl (C=O) groups is 1. The monoisotopic (exact) mass is 299 g/mol. The van der Waals surface area contributed by atoms with Gasteiger partial charge in [0, 0.05) is 12.5 Å². The summed E-state index contributed by atoms with van der Waals surface area (Å²) < 4.78 is 12.9. The molecule has 2 aliphatic rings. The lowest BCUT2D eigenvalue weighted by atomic mass is 9.99. The lowest BCUT2D eigenvalue weighted by molar-refractivity contribution is 0.000838. The predicted octanol–water partition coefficient (Wildman–Crippen LogP) is 1.99. The molecule has 2 aromatic rings. The molecular weight excluding hydrogens is 282 g/mol. The van der Waals surface area contributed by atoms with E-state index in [1.54, 1.807) is 23.1 Å². The van der Waals surface area contributed by atoms with E-state index in [1.165, 1.54) is 6.33 Å². The second-order valence-corrected chi connectivity index (χ2v) is 5.90. The van der Waals surface area contributed by atoms with Crippen molar-refractivity contribution in [2.45, 2.75) is 24.9 Å². The minimum absolute atomic E-state index is 0.255. The maximum Gasteiger partial charge on any atom is 0.338 e. The summed E-state index contributed by atoms with van der Waals surface area (Å²) in [5, 5.41) is 4.06. The van der Waals surface area contributed by atoms with Crippen LogP contribution in [0.3, 0.4) is 0 Å². The molecule has 0 bridgehead atoms. The van der Waals surface area contributed by atoms with E-state index in [1.807, 2.05) is 12.1 Å². The predicted molar refractivity (Wildman–Crippen MR) is 77.7 cm³/mol. The fraction of sp³-hybridized carbons (Fsp3) is 0.438. The normalized spacial score (nSPS) is 22.5. The van der Waals surface area contributed by atoms with Gasteiger partial charge in [-0.25, -0.2) is 14.5 Å². The van der Waals surface area contributed by atoms with Gasteiger partial charge in [-0.2, -0.15) is 5.10 Å². The average Bonchev–Trinajstić information content (AvgIpc) is 3.03. The Morgan fingerprint density at radius 2 is 2.14 bits per heavy atom. The summed E-state index contributed by atoms with van der Waals surface area (Å²) in [7, 11) is 0. The van der Waals surface area contributed by atoms with Crippen LogP contribution in [-0.2, 0) is 9.47 Å². The smallest absolute Gasteiger partial charge is 0.338 e. The Morgan fingerprint density at radius 3 is 2.73 bits per heavy atom. The molecule has 6 nitrogen and oxygen atoms in total. The van der Waals surface area contributed by atoms with E-state index < -0.39 is 0 Å². The summed E-state index contributed by atoms with van der Waals surface area (Å²) in [6.07, 6.45) is 5.97. The second kappa shape index (κ2) is 5.21. The number of nitrogens with zero attached hydrogens (tertiary/aromatic N) is 3. The molecule has 1 saturated heterocycles. The zero-order valence-electron chi connectivity index (χ0n) is 12.1. The van der Waals surface area contributed by atoms with E-state index in [9.17, 15) is 4.79 Å². The molecule has 0 N–H and O–H groups in total. The SMILES string of the molecule is O=C(OC1(C2CCOC2)CC1)c1ccc(-n2cncn2)cc1. The number of aromatic nitrogens is 3. The first-order valence-electron chi connectivity index (χ1n) is 7.53. The summed E-state index contributed by atoms with van der Waals surface area (Å²) >= 11 is 0. The van der Waals surface area contributed by atoms with Crippen molar-refractivity contribution in [2.24, 2.45) is 5.92 Å². The van der Waals surface area contributed by atoms with Crippen molar-refractivity contribution in [3.8, 4) is 5.69 Å². The van der Waals surface area contributed by atoms with Gasteiger partial charge < -0.3 is 9.47 Å². The first-order valence-corrected chi connectivity index (χ1v) is 7.53. The van der Waals surface area contributed by atoms with Crippen LogP contribution in [0, 0.1) is 5.92 Å². The molecule has 1 aliphatic heterocycles. The molecule has 1 aromatic carbocycles. The van der Waals surface area contributed by atoms with Gasteiger partial charge in [-0.05, 0) is 43.5 Å². The van der Waals surface area contributed by atoms with E-state index in [4.69, 9.17) is 9.47 Å². The van der Waals surface area contributed by atoms with E-state index in [2.05, 4.69) is 10.1 Å². The van der Waals surface area contributed by atoms with Crippen molar-refractivity contribution in [2.75, 3.05) is 13.2 Å². The van der Waals surface area contributed by atoms with Crippen LogP contribution in [0.25, 0.3) is 5.69 Å². The molecule has 6 heteroatoms. The largest absolute Gasteiger partial charge is 0.455 e. The van der Waals surface area contributed by atoms with Gasteiger partial charge in [0.2, 0.25) is 0 Å². The number of benzene rings is 1. The summed E-state index contributed by atoms with van der Waals surface area (Å²) in [4.78, 5) is 16.3. The fourth-order valence-corrected chi connectivity index (χ4v) is 3.00. The Kier molecular flexibility index (Phi) is 3.18. The van der Waals surface area contributed by atoms with Crippen LogP contribution in [0.15, 0.2) is 36.9 Å². The van der Waals surface area contributed by atoms with Crippen molar-refractivity contribution in [3.05, 3.63) is 42.5 Å². The Balaban J connectivity index is 1.46. The van der Waals surface area contributed by atoms with E-state index in [0.29, 0.717) is 18.1 Å². The molecule has 1 aromatic heterocycles. The highest BCUT2D eigenvalue weighted by molar-refractivity contribution is 5.90. The van der Waals surface area contributed by atoms with Crippen LogP contribution in [-0.4, -0.2) is 39.5 Å². The van der Waals surface area contributed by atoms with E-state index in [0.717, 1.165) is 31.6 Å². The minimum atomic E-state index is -0.280. The molecule has 1 unspecified atom stereocenters. The molecule has 1 aliphatic carbocycles. The third kappa shape index (κ3) is 2.39. The third-order valence-corrected chi connectivity index (χ3v) is 4.50. The topological polar surface area (TPSA) is 66.2 Å². The van der Waals surface area contributed by atoms with Gasteiger partial charge in [-0.15, -0.1) is 0 Å². The minimum Gasteiger partial charge on any atom is -0.455 e.